The molecule has 0 fully saturated rings. The van der Waals surface area contributed by atoms with Crippen LogP contribution in [0.4, 0.5) is 11.5 Å². The lowest BCUT2D eigenvalue weighted by Crippen LogP contribution is -2.42. The van der Waals surface area contributed by atoms with E-state index in [-0.39, 0.29) is 23.3 Å². The van der Waals surface area contributed by atoms with Gasteiger partial charge in [-0.2, -0.15) is 0 Å². The summed E-state index contributed by atoms with van der Waals surface area (Å²) in [7, 11) is 0. The Bertz CT molecular complexity index is 748. The third kappa shape index (κ3) is 4.41. The van der Waals surface area contributed by atoms with Crippen molar-refractivity contribution in [2.75, 3.05) is 17.2 Å². The molecule has 138 valence electrons. The number of carbonyl (C=O) groups excluding carboxylic acids is 1. The summed E-state index contributed by atoms with van der Waals surface area (Å²) in [5.41, 5.74) is 5.10. The predicted octanol–water partition coefficient (Wildman–Crippen LogP) is 2.02. The van der Waals surface area contributed by atoms with Crippen LogP contribution in [0, 0.1) is 5.92 Å². The van der Waals surface area contributed by atoms with Gasteiger partial charge in [-0.1, -0.05) is 32.4 Å². The first-order valence-electron chi connectivity index (χ1n) is 9.09. The van der Waals surface area contributed by atoms with Gasteiger partial charge in [-0.25, -0.2) is 4.79 Å². The van der Waals surface area contributed by atoms with E-state index in [1.165, 1.54) is 9.47 Å². The van der Waals surface area contributed by atoms with E-state index in [4.69, 9.17) is 5.73 Å². The fraction of sp³-hybridized carbons (Fsp3) is 0.611. The molecule has 2 rings (SSSR count). The molecule has 0 saturated heterocycles. The van der Waals surface area contributed by atoms with Crippen molar-refractivity contribution in [1.29, 1.82) is 0 Å². The number of allylic oxidation sites excluding steroid dienone is 2. The predicted molar refractivity (Wildman–Crippen MR) is 99.8 cm³/mol. The monoisotopic (exact) mass is 348 g/mol. The first-order valence-corrected chi connectivity index (χ1v) is 9.09. The molecule has 1 atom stereocenters. The standard InChI is InChI=1S/C18H28N4O3/c1-3-5-11-21(14(23)12-13-8-6-7-9-13)15-16(19)22(10-4-2)18(25)20-17(15)24/h6,8,13H,3-5,7,9-12,19H2,1-2H3,(H,20,24,25). The average molecular weight is 348 g/mol. The lowest BCUT2D eigenvalue weighted by molar-refractivity contribution is -0.119. The number of nitrogens with one attached hydrogen (secondary N) is 1. The molecular formula is C18H28N4O3. The van der Waals surface area contributed by atoms with Crippen molar-refractivity contribution < 1.29 is 4.79 Å². The quantitative estimate of drug-likeness (QED) is 0.702. The van der Waals surface area contributed by atoms with Crippen LogP contribution in [0.1, 0.15) is 52.4 Å². The van der Waals surface area contributed by atoms with Crippen LogP contribution >= 0.6 is 0 Å². The normalized spacial score (nSPS) is 16.3. The number of nitrogens with zero attached hydrogens (tertiary/aromatic N) is 2. The molecule has 1 aliphatic carbocycles. The van der Waals surface area contributed by atoms with Crippen LogP contribution in [0.3, 0.4) is 0 Å². The van der Waals surface area contributed by atoms with Gasteiger partial charge < -0.3 is 10.6 Å². The van der Waals surface area contributed by atoms with Gasteiger partial charge in [0.1, 0.15) is 5.82 Å². The van der Waals surface area contributed by atoms with E-state index in [9.17, 15) is 14.4 Å². The van der Waals surface area contributed by atoms with Gasteiger partial charge in [0.25, 0.3) is 5.56 Å². The Morgan fingerprint density at radius 2 is 2.12 bits per heavy atom. The molecule has 1 aromatic heterocycles. The highest BCUT2D eigenvalue weighted by Gasteiger charge is 2.25. The highest BCUT2D eigenvalue weighted by Crippen LogP contribution is 2.24. The maximum absolute atomic E-state index is 12.9. The van der Waals surface area contributed by atoms with Gasteiger partial charge in [0.2, 0.25) is 5.91 Å². The zero-order valence-corrected chi connectivity index (χ0v) is 15.1. The number of aromatic amines is 1. The number of H-pyrrole nitrogens is 1. The molecule has 25 heavy (non-hydrogen) atoms. The number of anilines is 2. The van der Waals surface area contributed by atoms with Crippen molar-refractivity contribution in [2.45, 2.75) is 58.9 Å². The second-order valence-corrected chi connectivity index (χ2v) is 6.51. The van der Waals surface area contributed by atoms with E-state index in [0.29, 0.717) is 25.9 Å². The number of rotatable bonds is 8. The number of nitrogens with two attached hydrogens (primary N) is 1. The number of hydrogen-bond donors (Lipinski definition) is 2. The molecule has 0 aromatic carbocycles. The molecule has 3 N–H and O–H groups in total. The first kappa shape index (κ1) is 19.0. The average Bonchev–Trinajstić information content (AvgIpc) is 3.07. The number of aromatic nitrogens is 2. The van der Waals surface area contributed by atoms with E-state index in [2.05, 4.69) is 17.1 Å². The van der Waals surface area contributed by atoms with E-state index >= 15 is 0 Å². The van der Waals surface area contributed by atoms with E-state index in [0.717, 1.165) is 25.7 Å². The summed E-state index contributed by atoms with van der Waals surface area (Å²) in [6.07, 6.45) is 8.78. The minimum absolute atomic E-state index is 0.0713. The fourth-order valence-electron chi connectivity index (χ4n) is 3.16. The van der Waals surface area contributed by atoms with E-state index in [1.54, 1.807) is 0 Å². The SMILES string of the molecule is CCCCN(C(=O)CC1C=CCC1)c1c(N)n(CCC)c(=O)[nH]c1=O. The van der Waals surface area contributed by atoms with Gasteiger partial charge in [-0.15, -0.1) is 0 Å². The highest BCUT2D eigenvalue weighted by atomic mass is 16.2. The lowest BCUT2D eigenvalue weighted by Gasteiger charge is -2.25. The molecule has 0 aliphatic heterocycles. The Hall–Kier alpha value is -2.31. The van der Waals surface area contributed by atoms with Crippen LogP contribution in [-0.4, -0.2) is 22.0 Å². The van der Waals surface area contributed by atoms with E-state index in [1.807, 2.05) is 13.8 Å². The van der Waals surface area contributed by atoms with Crippen molar-refractivity contribution in [3.8, 4) is 0 Å². The van der Waals surface area contributed by atoms with Crippen molar-refractivity contribution >= 4 is 17.4 Å². The molecule has 7 nitrogen and oxygen atoms in total. The van der Waals surface area contributed by atoms with Gasteiger partial charge >= 0.3 is 5.69 Å². The number of nitrogen functional groups attached to an aromatic ring is 1. The number of amides is 1. The summed E-state index contributed by atoms with van der Waals surface area (Å²) in [6, 6.07) is 0. The molecule has 1 heterocycles. The Morgan fingerprint density at radius 1 is 1.36 bits per heavy atom. The van der Waals surface area contributed by atoms with Gasteiger partial charge in [-0.05, 0) is 31.6 Å². The minimum atomic E-state index is -0.596. The molecule has 0 saturated carbocycles. The van der Waals surface area contributed by atoms with Crippen LogP contribution in [0.25, 0.3) is 0 Å². The number of unbranched alkanes of at least 4 members (excludes halogenated alkanes) is 1. The highest BCUT2D eigenvalue weighted by molar-refractivity contribution is 5.95. The molecule has 1 aromatic rings. The number of hydrogen-bond acceptors (Lipinski definition) is 4. The van der Waals surface area contributed by atoms with Gasteiger partial charge in [-0.3, -0.25) is 19.1 Å². The van der Waals surface area contributed by atoms with Crippen LogP contribution < -0.4 is 21.9 Å². The minimum Gasteiger partial charge on any atom is -0.383 e. The third-order valence-electron chi connectivity index (χ3n) is 4.52. The molecule has 0 bridgehead atoms. The maximum Gasteiger partial charge on any atom is 0.330 e. The Balaban J connectivity index is 2.41. The van der Waals surface area contributed by atoms with Crippen LogP contribution in [0.15, 0.2) is 21.7 Å². The summed E-state index contributed by atoms with van der Waals surface area (Å²) in [6.45, 7) is 4.76. The molecule has 1 unspecified atom stereocenters. The first-order chi connectivity index (χ1) is 12.0. The van der Waals surface area contributed by atoms with Crippen molar-refractivity contribution in [3.05, 3.63) is 33.0 Å². The largest absolute Gasteiger partial charge is 0.383 e. The van der Waals surface area contributed by atoms with Crippen LogP contribution in [0.2, 0.25) is 0 Å². The second kappa shape index (κ2) is 8.69. The van der Waals surface area contributed by atoms with Gasteiger partial charge in [0.15, 0.2) is 5.69 Å². The third-order valence-corrected chi connectivity index (χ3v) is 4.52. The molecule has 0 spiro atoms. The lowest BCUT2D eigenvalue weighted by atomic mass is 10.0. The van der Waals surface area contributed by atoms with Gasteiger partial charge in [0.05, 0.1) is 0 Å². The zero-order valence-electron chi connectivity index (χ0n) is 15.1. The van der Waals surface area contributed by atoms with Gasteiger partial charge in [0, 0.05) is 19.5 Å². The molecule has 1 amide bonds. The summed E-state index contributed by atoms with van der Waals surface area (Å²) in [4.78, 5) is 41.0. The fourth-order valence-corrected chi connectivity index (χ4v) is 3.16. The number of carbonyl (C=O) groups is 1. The maximum atomic E-state index is 12.9. The Labute approximate surface area is 147 Å². The molecule has 7 heteroatoms. The smallest absolute Gasteiger partial charge is 0.330 e. The summed E-state index contributed by atoms with van der Waals surface area (Å²) < 4.78 is 1.33. The molecular weight excluding hydrogens is 320 g/mol. The summed E-state index contributed by atoms with van der Waals surface area (Å²) in [5.74, 6) is 0.157. The van der Waals surface area contributed by atoms with Crippen molar-refractivity contribution in [1.82, 2.24) is 9.55 Å². The topological polar surface area (TPSA) is 101 Å². The van der Waals surface area contributed by atoms with Crippen LogP contribution in [0.5, 0.6) is 0 Å². The molecule has 0 radical (unpaired) electrons. The Morgan fingerprint density at radius 3 is 2.72 bits per heavy atom. The van der Waals surface area contributed by atoms with Crippen molar-refractivity contribution in [2.24, 2.45) is 5.92 Å². The second-order valence-electron chi connectivity index (χ2n) is 6.51. The summed E-state index contributed by atoms with van der Waals surface area (Å²) in [5, 5.41) is 0. The van der Waals surface area contributed by atoms with Crippen LogP contribution in [-0.2, 0) is 11.3 Å². The zero-order chi connectivity index (χ0) is 18.4. The van der Waals surface area contributed by atoms with E-state index < -0.39 is 11.2 Å². The summed E-state index contributed by atoms with van der Waals surface area (Å²) >= 11 is 0. The van der Waals surface area contributed by atoms with Crippen molar-refractivity contribution in [3.63, 3.8) is 0 Å². The Kier molecular flexibility index (Phi) is 6.61. The molecule has 1 aliphatic rings.